The fraction of sp³-hybridized carbons (Fsp3) is 0.667. The minimum absolute atomic E-state index is 0. The van der Waals surface area contributed by atoms with Gasteiger partial charge in [-0.2, -0.15) is 0 Å². The molecule has 152 valence electrons. The number of guanidine groups is 1. The van der Waals surface area contributed by atoms with Crippen molar-refractivity contribution in [2.75, 3.05) is 20.1 Å². The number of hydrogen-bond acceptors (Lipinski definition) is 3. The monoisotopic (exact) mass is 486 g/mol. The van der Waals surface area contributed by atoms with Gasteiger partial charge in [0.05, 0.1) is 6.10 Å². The summed E-state index contributed by atoms with van der Waals surface area (Å²) < 4.78 is 6.13. The number of benzene rings is 1. The molecule has 1 aliphatic heterocycles. The second-order valence-corrected chi connectivity index (χ2v) is 7.75. The summed E-state index contributed by atoms with van der Waals surface area (Å²) in [7, 11) is 1.84. The van der Waals surface area contributed by atoms with Gasteiger partial charge in [0.25, 0.3) is 0 Å². The number of piperidine rings is 1. The molecule has 0 atom stereocenters. The van der Waals surface area contributed by atoms with Gasteiger partial charge in [0.2, 0.25) is 0 Å². The van der Waals surface area contributed by atoms with E-state index >= 15 is 0 Å². The zero-order chi connectivity index (χ0) is 18.4. The summed E-state index contributed by atoms with van der Waals surface area (Å²) in [5.74, 6) is 1.89. The van der Waals surface area contributed by atoms with Crippen LogP contribution in [0.1, 0.15) is 51.5 Å². The Kier molecular flexibility index (Phi) is 9.15. The predicted octanol–water partition coefficient (Wildman–Crippen LogP) is 3.77. The minimum atomic E-state index is 0. The second kappa shape index (κ2) is 11.1. The summed E-state index contributed by atoms with van der Waals surface area (Å²) in [5, 5.41) is 7.05. The van der Waals surface area contributed by atoms with E-state index in [2.05, 4.69) is 52.6 Å². The van der Waals surface area contributed by atoms with Crippen molar-refractivity contribution in [2.24, 2.45) is 4.99 Å². The molecule has 1 saturated heterocycles. The first kappa shape index (κ1) is 22.3. The van der Waals surface area contributed by atoms with Crippen molar-refractivity contribution in [2.45, 2.75) is 70.7 Å². The lowest BCUT2D eigenvalue weighted by Crippen LogP contribution is -2.49. The summed E-state index contributed by atoms with van der Waals surface area (Å²) in [4.78, 5) is 6.95. The molecule has 27 heavy (non-hydrogen) atoms. The summed E-state index contributed by atoms with van der Waals surface area (Å²) in [5.41, 5.74) is 1.19. The van der Waals surface area contributed by atoms with E-state index in [0.29, 0.717) is 18.2 Å². The van der Waals surface area contributed by atoms with E-state index < -0.39 is 0 Å². The maximum atomic E-state index is 6.13. The van der Waals surface area contributed by atoms with Crippen molar-refractivity contribution >= 4 is 29.9 Å². The van der Waals surface area contributed by atoms with Gasteiger partial charge in [0.1, 0.15) is 5.75 Å². The Bertz CT molecular complexity index is 596. The van der Waals surface area contributed by atoms with Crippen LogP contribution in [0.25, 0.3) is 0 Å². The minimum Gasteiger partial charge on any atom is -0.490 e. The molecule has 2 fully saturated rings. The van der Waals surface area contributed by atoms with Crippen LogP contribution in [0.5, 0.6) is 5.75 Å². The zero-order valence-corrected chi connectivity index (χ0v) is 19.2. The van der Waals surface area contributed by atoms with Gasteiger partial charge in [-0.3, -0.25) is 4.99 Å². The number of nitrogens with one attached hydrogen (secondary N) is 2. The lowest BCUT2D eigenvalue weighted by Gasteiger charge is -2.35. The number of ether oxygens (including phenoxy) is 1. The lowest BCUT2D eigenvalue weighted by atomic mass is 9.96. The Morgan fingerprint density at radius 2 is 1.89 bits per heavy atom. The zero-order valence-electron chi connectivity index (χ0n) is 16.9. The fourth-order valence-corrected chi connectivity index (χ4v) is 3.56. The molecular weight excluding hydrogens is 451 g/mol. The standard InChI is InChI=1S/C21H34N4O.HI/c1-16(2)25-13-11-18(12-14-25)24-21(22-3)23-15-17-7-4-5-10-20(17)26-19-8-6-9-19;/h4-5,7,10,16,18-19H,6,8-9,11-15H2,1-3H3,(H2,22,23,24);1H. The van der Waals surface area contributed by atoms with Gasteiger partial charge in [-0.1, -0.05) is 18.2 Å². The number of rotatable bonds is 6. The first-order valence-corrected chi connectivity index (χ1v) is 10.1. The van der Waals surface area contributed by atoms with Crippen molar-refractivity contribution < 1.29 is 4.74 Å². The van der Waals surface area contributed by atoms with E-state index in [1.807, 2.05) is 13.1 Å². The predicted molar refractivity (Wildman–Crippen MR) is 123 cm³/mol. The number of halogens is 1. The van der Waals surface area contributed by atoms with Gasteiger partial charge >= 0.3 is 0 Å². The van der Waals surface area contributed by atoms with Crippen LogP contribution in [0.2, 0.25) is 0 Å². The van der Waals surface area contributed by atoms with E-state index in [-0.39, 0.29) is 24.0 Å². The molecule has 1 aromatic rings. The highest BCUT2D eigenvalue weighted by Gasteiger charge is 2.22. The molecule has 0 radical (unpaired) electrons. The average molecular weight is 486 g/mol. The van der Waals surface area contributed by atoms with Crippen LogP contribution >= 0.6 is 24.0 Å². The Labute approximate surface area is 181 Å². The van der Waals surface area contributed by atoms with Crippen LogP contribution in [0, 0.1) is 0 Å². The van der Waals surface area contributed by atoms with Crippen molar-refractivity contribution in [3.8, 4) is 5.75 Å². The molecule has 6 heteroatoms. The molecule has 1 heterocycles. The van der Waals surface area contributed by atoms with Crippen molar-refractivity contribution in [1.82, 2.24) is 15.5 Å². The van der Waals surface area contributed by atoms with E-state index in [1.54, 1.807) is 0 Å². The van der Waals surface area contributed by atoms with E-state index in [0.717, 1.165) is 31.3 Å². The van der Waals surface area contributed by atoms with E-state index in [9.17, 15) is 0 Å². The number of para-hydroxylation sites is 1. The molecule has 1 aromatic carbocycles. The molecule has 0 aromatic heterocycles. The molecule has 5 nitrogen and oxygen atoms in total. The molecule has 2 N–H and O–H groups in total. The quantitative estimate of drug-likeness (QED) is 0.365. The van der Waals surface area contributed by atoms with Gasteiger partial charge in [-0.15, -0.1) is 24.0 Å². The highest BCUT2D eigenvalue weighted by Crippen LogP contribution is 2.27. The van der Waals surface area contributed by atoms with Gasteiger partial charge in [-0.05, 0) is 52.0 Å². The molecule has 0 spiro atoms. The van der Waals surface area contributed by atoms with Gasteiger partial charge in [0, 0.05) is 44.3 Å². The molecule has 3 rings (SSSR count). The Morgan fingerprint density at radius 1 is 1.19 bits per heavy atom. The molecular formula is C21H35IN4O. The van der Waals surface area contributed by atoms with Crippen LogP contribution in [-0.4, -0.2) is 49.2 Å². The van der Waals surface area contributed by atoms with Gasteiger partial charge in [-0.25, -0.2) is 0 Å². The second-order valence-electron chi connectivity index (χ2n) is 7.75. The number of likely N-dealkylation sites (tertiary alicyclic amines) is 1. The van der Waals surface area contributed by atoms with Crippen LogP contribution < -0.4 is 15.4 Å². The van der Waals surface area contributed by atoms with E-state index in [1.165, 1.54) is 37.7 Å². The maximum absolute atomic E-state index is 6.13. The average Bonchev–Trinajstić information content (AvgIpc) is 2.63. The van der Waals surface area contributed by atoms with Crippen molar-refractivity contribution in [1.29, 1.82) is 0 Å². The first-order valence-electron chi connectivity index (χ1n) is 10.1. The molecule has 0 unspecified atom stereocenters. The van der Waals surface area contributed by atoms with Crippen LogP contribution in [0.15, 0.2) is 29.3 Å². The normalized spacial score (nSPS) is 19.3. The molecule has 1 saturated carbocycles. The molecule has 1 aliphatic carbocycles. The summed E-state index contributed by atoms with van der Waals surface area (Å²) >= 11 is 0. The van der Waals surface area contributed by atoms with Crippen LogP contribution in [0.4, 0.5) is 0 Å². The Balaban J connectivity index is 0.00000261. The lowest BCUT2D eigenvalue weighted by molar-refractivity contribution is 0.119. The van der Waals surface area contributed by atoms with E-state index in [4.69, 9.17) is 4.74 Å². The smallest absolute Gasteiger partial charge is 0.191 e. The molecule has 0 amide bonds. The van der Waals surface area contributed by atoms with Crippen LogP contribution in [-0.2, 0) is 6.54 Å². The summed E-state index contributed by atoms with van der Waals surface area (Å²) in [6.07, 6.45) is 6.39. The molecule has 2 aliphatic rings. The maximum Gasteiger partial charge on any atom is 0.191 e. The summed E-state index contributed by atoms with van der Waals surface area (Å²) in [6, 6.07) is 9.47. The third kappa shape index (κ3) is 6.52. The number of hydrogen-bond donors (Lipinski definition) is 2. The highest BCUT2D eigenvalue weighted by molar-refractivity contribution is 14.0. The largest absolute Gasteiger partial charge is 0.490 e. The third-order valence-electron chi connectivity index (χ3n) is 5.59. The SMILES string of the molecule is CN=C(NCc1ccccc1OC1CCC1)NC1CCN(C(C)C)CC1.I. The van der Waals surface area contributed by atoms with Gasteiger partial charge < -0.3 is 20.3 Å². The van der Waals surface area contributed by atoms with Gasteiger partial charge in [0.15, 0.2) is 5.96 Å². The fourth-order valence-electron chi connectivity index (χ4n) is 3.56. The number of nitrogens with zero attached hydrogens (tertiary/aromatic N) is 2. The highest BCUT2D eigenvalue weighted by atomic mass is 127. The van der Waals surface area contributed by atoms with Crippen molar-refractivity contribution in [3.05, 3.63) is 29.8 Å². The summed E-state index contributed by atoms with van der Waals surface area (Å²) in [6.45, 7) is 7.59. The topological polar surface area (TPSA) is 48.9 Å². The first-order chi connectivity index (χ1) is 12.7. The Hall–Kier alpha value is -1.02. The molecule has 0 bridgehead atoms. The Morgan fingerprint density at radius 3 is 2.48 bits per heavy atom. The number of aliphatic imine (C=N–C) groups is 1. The third-order valence-corrected chi connectivity index (χ3v) is 5.59. The van der Waals surface area contributed by atoms with Crippen molar-refractivity contribution in [3.63, 3.8) is 0 Å². The van der Waals surface area contributed by atoms with Crippen LogP contribution in [0.3, 0.4) is 0 Å².